The Labute approximate surface area is 186 Å². The molecule has 6 nitrogen and oxygen atoms in total. The molecule has 0 unspecified atom stereocenters. The van der Waals surface area contributed by atoms with E-state index in [0.717, 1.165) is 54.9 Å². The first kappa shape index (κ1) is 22.5. The summed E-state index contributed by atoms with van der Waals surface area (Å²) in [4.78, 5) is 16.5. The number of carbonyl (C=O) groups excluding carboxylic acids is 1. The van der Waals surface area contributed by atoms with E-state index < -0.39 is 6.61 Å². The predicted octanol–water partition coefficient (Wildman–Crippen LogP) is 3.82. The third-order valence-corrected chi connectivity index (χ3v) is 5.96. The van der Waals surface area contributed by atoms with Crippen LogP contribution in [0.3, 0.4) is 0 Å². The molecule has 32 heavy (non-hydrogen) atoms. The first-order chi connectivity index (χ1) is 15.5. The number of ether oxygens (including phenoxy) is 3. The minimum Gasteiger partial charge on any atom is -0.492 e. The van der Waals surface area contributed by atoms with E-state index in [-0.39, 0.29) is 17.8 Å². The van der Waals surface area contributed by atoms with Crippen molar-refractivity contribution in [1.29, 1.82) is 0 Å². The molecule has 4 rings (SSSR count). The van der Waals surface area contributed by atoms with Gasteiger partial charge in [-0.15, -0.1) is 0 Å². The molecular formula is C24H28F2N2O4. The van der Waals surface area contributed by atoms with Crippen LogP contribution in [0.4, 0.5) is 8.78 Å². The van der Waals surface area contributed by atoms with Crippen molar-refractivity contribution in [3.05, 3.63) is 59.2 Å². The average molecular weight is 446 g/mol. The SMILES string of the molecule is COC(=O)[C@@H]1CCCN1Cc1ccc2c(c1)CN(Cc1ccc(OC(F)F)cc1)CCO2. The fraction of sp³-hybridized carbons (Fsp3) is 0.458. The van der Waals surface area contributed by atoms with Gasteiger partial charge in [-0.2, -0.15) is 8.78 Å². The zero-order chi connectivity index (χ0) is 22.5. The van der Waals surface area contributed by atoms with Gasteiger partial charge < -0.3 is 14.2 Å². The maximum absolute atomic E-state index is 12.3. The Hall–Kier alpha value is -2.71. The van der Waals surface area contributed by atoms with Crippen LogP contribution in [0.5, 0.6) is 11.5 Å². The van der Waals surface area contributed by atoms with Crippen LogP contribution in [0.15, 0.2) is 42.5 Å². The summed E-state index contributed by atoms with van der Waals surface area (Å²) in [6.07, 6.45) is 1.82. The Morgan fingerprint density at radius 1 is 1.12 bits per heavy atom. The van der Waals surface area contributed by atoms with Crippen molar-refractivity contribution in [3.8, 4) is 11.5 Å². The lowest BCUT2D eigenvalue weighted by Gasteiger charge is -2.23. The molecule has 1 atom stereocenters. The summed E-state index contributed by atoms with van der Waals surface area (Å²) < 4.78 is 40.0. The van der Waals surface area contributed by atoms with Crippen molar-refractivity contribution in [2.24, 2.45) is 0 Å². The van der Waals surface area contributed by atoms with Gasteiger partial charge in [0.15, 0.2) is 0 Å². The highest BCUT2D eigenvalue weighted by atomic mass is 19.3. The highest BCUT2D eigenvalue weighted by molar-refractivity contribution is 5.76. The molecule has 2 aromatic rings. The number of halogens is 2. The molecule has 2 aliphatic rings. The quantitative estimate of drug-likeness (QED) is 0.603. The van der Waals surface area contributed by atoms with E-state index in [4.69, 9.17) is 9.47 Å². The van der Waals surface area contributed by atoms with Gasteiger partial charge in [-0.3, -0.25) is 14.6 Å². The molecule has 2 aliphatic heterocycles. The topological polar surface area (TPSA) is 51.2 Å². The summed E-state index contributed by atoms with van der Waals surface area (Å²) in [5.41, 5.74) is 3.26. The van der Waals surface area contributed by atoms with Crippen LogP contribution in [0.2, 0.25) is 0 Å². The minimum atomic E-state index is -2.82. The molecule has 0 radical (unpaired) electrons. The number of alkyl halides is 2. The fourth-order valence-corrected chi connectivity index (χ4v) is 4.42. The summed E-state index contributed by atoms with van der Waals surface area (Å²) in [6.45, 7) is 1.49. The molecule has 2 heterocycles. The second kappa shape index (κ2) is 10.3. The molecule has 1 fully saturated rings. The summed E-state index contributed by atoms with van der Waals surface area (Å²) in [5, 5.41) is 0. The van der Waals surface area contributed by atoms with Gasteiger partial charge in [0.1, 0.15) is 24.1 Å². The smallest absolute Gasteiger partial charge is 0.387 e. The van der Waals surface area contributed by atoms with E-state index in [9.17, 15) is 13.6 Å². The Balaban J connectivity index is 1.42. The summed E-state index contributed by atoms with van der Waals surface area (Å²) in [6, 6.07) is 12.8. The largest absolute Gasteiger partial charge is 0.492 e. The van der Waals surface area contributed by atoms with Crippen LogP contribution in [-0.2, 0) is 29.2 Å². The number of hydrogen-bond acceptors (Lipinski definition) is 6. The third kappa shape index (κ3) is 5.55. The van der Waals surface area contributed by atoms with Gasteiger partial charge in [0.2, 0.25) is 0 Å². The molecule has 2 aromatic carbocycles. The number of rotatable bonds is 7. The van der Waals surface area contributed by atoms with E-state index in [2.05, 4.69) is 26.7 Å². The molecule has 0 spiro atoms. The number of fused-ring (bicyclic) bond motifs is 1. The summed E-state index contributed by atoms with van der Waals surface area (Å²) in [7, 11) is 1.44. The standard InChI is InChI=1S/C24H28F2N2O4/c1-30-23(29)21-3-2-10-28(21)15-18-6-9-22-19(13-18)16-27(11-12-31-22)14-17-4-7-20(8-5-17)32-24(25)26/h4-9,13,21,24H,2-3,10-12,14-16H2,1H3/t21-/m0/s1. The van der Waals surface area contributed by atoms with Crippen molar-refractivity contribution in [3.63, 3.8) is 0 Å². The van der Waals surface area contributed by atoms with Gasteiger partial charge in [0, 0.05) is 31.7 Å². The number of benzene rings is 2. The minimum absolute atomic E-state index is 0.158. The van der Waals surface area contributed by atoms with Gasteiger partial charge in [-0.05, 0) is 54.8 Å². The Morgan fingerprint density at radius 3 is 2.66 bits per heavy atom. The van der Waals surface area contributed by atoms with Crippen molar-refractivity contribution in [2.75, 3.05) is 26.8 Å². The van der Waals surface area contributed by atoms with Crippen molar-refractivity contribution in [1.82, 2.24) is 9.80 Å². The first-order valence-electron chi connectivity index (χ1n) is 10.8. The Morgan fingerprint density at radius 2 is 1.91 bits per heavy atom. The van der Waals surface area contributed by atoms with Crippen molar-refractivity contribution < 1.29 is 27.8 Å². The molecule has 8 heteroatoms. The molecule has 172 valence electrons. The highest BCUT2D eigenvalue weighted by Gasteiger charge is 2.31. The van der Waals surface area contributed by atoms with E-state index in [1.807, 2.05) is 6.07 Å². The van der Waals surface area contributed by atoms with Crippen LogP contribution in [0.25, 0.3) is 0 Å². The van der Waals surface area contributed by atoms with E-state index in [1.165, 1.54) is 7.11 Å². The van der Waals surface area contributed by atoms with Crippen LogP contribution >= 0.6 is 0 Å². The van der Waals surface area contributed by atoms with Crippen LogP contribution in [-0.4, -0.2) is 55.2 Å². The molecule has 0 aromatic heterocycles. The number of esters is 1. The lowest BCUT2D eigenvalue weighted by Crippen LogP contribution is -2.36. The molecule has 0 bridgehead atoms. The molecule has 0 aliphatic carbocycles. The molecule has 0 saturated carbocycles. The first-order valence-corrected chi connectivity index (χ1v) is 10.8. The van der Waals surface area contributed by atoms with E-state index in [0.29, 0.717) is 19.7 Å². The fourth-order valence-electron chi connectivity index (χ4n) is 4.42. The number of likely N-dealkylation sites (tertiary alicyclic amines) is 1. The maximum atomic E-state index is 12.3. The summed E-state index contributed by atoms with van der Waals surface area (Å²) >= 11 is 0. The predicted molar refractivity (Wildman–Crippen MR) is 115 cm³/mol. The van der Waals surface area contributed by atoms with E-state index in [1.54, 1.807) is 24.3 Å². The van der Waals surface area contributed by atoms with Gasteiger partial charge in [0.05, 0.1) is 7.11 Å². The lowest BCUT2D eigenvalue weighted by molar-refractivity contribution is -0.146. The third-order valence-electron chi connectivity index (χ3n) is 5.96. The van der Waals surface area contributed by atoms with Gasteiger partial charge in [-0.1, -0.05) is 18.2 Å². The van der Waals surface area contributed by atoms with Gasteiger partial charge >= 0.3 is 12.6 Å². The number of nitrogens with zero attached hydrogens (tertiary/aromatic N) is 2. The van der Waals surface area contributed by atoms with Crippen LogP contribution in [0.1, 0.15) is 29.5 Å². The normalized spacial score (nSPS) is 19.3. The zero-order valence-corrected chi connectivity index (χ0v) is 18.1. The van der Waals surface area contributed by atoms with Crippen molar-refractivity contribution in [2.45, 2.75) is 45.1 Å². The average Bonchev–Trinajstić information content (AvgIpc) is 3.14. The lowest BCUT2D eigenvalue weighted by atomic mass is 10.1. The second-order valence-corrected chi connectivity index (χ2v) is 8.18. The molecule has 1 saturated heterocycles. The maximum Gasteiger partial charge on any atom is 0.387 e. The van der Waals surface area contributed by atoms with Crippen molar-refractivity contribution >= 4 is 5.97 Å². The Bertz CT molecular complexity index is 923. The number of carbonyl (C=O) groups is 1. The number of methoxy groups -OCH3 is 1. The number of hydrogen-bond donors (Lipinski definition) is 0. The monoisotopic (exact) mass is 446 g/mol. The van der Waals surface area contributed by atoms with Gasteiger partial charge in [-0.25, -0.2) is 0 Å². The van der Waals surface area contributed by atoms with Crippen LogP contribution in [0, 0.1) is 0 Å². The van der Waals surface area contributed by atoms with E-state index >= 15 is 0 Å². The zero-order valence-electron chi connectivity index (χ0n) is 18.1. The molecule has 0 N–H and O–H groups in total. The summed E-state index contributed by atoms with van der Waals surface area (Å²) in [5.74, 6) is 0.865. The van der Waals surface area contributed by atoms with Gasteiger partial charge in [0.25, 0.3) is 0 Å². The second-order valence-electron chi connectivity index (χ2n) is 8.18. The highest BCUT2D eigenvalue weighted by Crippen LogP contribution is 2.28. The Kier molecular flexibility index (Phi) is 7.22. The molecule has 0 amide bonds. The van der Waals surface area contributed by atoms with Crippen LogP contribution < -0.4 is 9.47 Å². The molecular weight excluding hydrogens is 418 g/mol.